The summed E-state index contributed by atoms with van der Waals surface area (Å²) < 4.78 is 31.4. The van der Waals surface area contributed by atoms with Crippen molar-refractivity contribution in [3.05, 3.63) is 62.9 Å². The van der Waals surface area contributed by atoms with E-state index < -0.39 is 23.8 Å². The summed E-state index contributed by atoms with van der Waals surface area (Å²) in [5.41, 5.74) is -1.16. The summed E-state index contributed by atoms with van der Waals surface area (Å²) in [6.07, 6.45) is 0. The summed E-state index contributed by atoms with van der Waals surface area (Å²) in [5.74, 6) is -0.918. The Labute approximate surface area is 150 Å². The Morgan fingerprint density at radius 3 is 2.52 bits per heavy atom. The molecular weight excluding hydrogens is 362 g/mol. The van der Waals surface area contributed by atoms with Gasteiger partial charge in [-0.25, -0.2) is 9.78 Å². The molecule has 3 aromatic rings. The lowest BCUT2D eigenvalue weighted by Gasteiger charge is -2.12. The van der Waals surface area contributed by atoms with E-state index in [2.05, 4.69) is 15.0 Å². The van der Waals surface area contributed by atoms with Gasteiger partial charge in [-0.2, -0.15) is 8.78 Å². The molecule has 0 unspecified atom stereocenters. The van der Waals surface area contributed by atoms with Crippen LogP contribution in [0.3, 0.4) is 0 Å². The third-order valence-corrected chi connectivity index (χ3v) is 3.89. The van der Waals surface area contributed by atoms with Crippen LogP contribution in [0, 0.1) is 0 Å². The molecule has 10 heteroatoms. The second-order valence-electron chi connectivity index (χ2n) is 5.60. The average Bonchev–Trinajstić information content (AvgIpc) is 2.65. The van der Waals surface area contributed by atoms with Gasteiger partial charge in [-0.15, -0.1) is 0 Å². The van der Waals surface area contributed by atoms with Crippen LogP contribution in [0.2, 0.25) is 0 Å². The number of nitrogens with one attached hydrogen (secondary N) is 1. The molecule has 3 rings (SSSR count). The molecule has 0 fully saturated rings. The number of aryl methyl sites for hydroxylation is 1. The summed E-state index contributed by atoms with van der Waals surface area (Å²) in [6.45, 7) is -3.05. The van der Waals surface area contributed by atoms with Gasteiger partial charge in [0.2, 0.25) is 0 Å². The van der Waals surface area contributed by atoms with Crippen LogP contribution >= 0.6 is 0 Å². The van der Waals surface area contributed by atoms with Crippen molar-refractivity contribution in [1.29, 1.82) is 0 Å². The minimum atomic E-state index is -3.05. The predicted molar refractivity (Wildman–Crippen MR) is 93.3 cm³/mol. The standard InChI is InChI=1S/C17H14F2N4O4/c1-22-13-9(15(25)23(2)17(22)26)7-8-11(20-13)14(24)21-10-5-3-4-6-12(10)27-16(18)19/h3-8,16H,1-2H3,(H,21,24). The number of hydrogen-bond acceptors (Lipinski definition) is 5. The molecular formula is C17H14F2N4O4. The van der Waals surface area contributed by atoms with E-state index >= 15 is 0 Å². The van der Waals surface area contributed by atoms with Gasteiger partial charge in [-0.3, -0.25) is 18.7 Å². The zero-order valence-electron chi connectivity index (χ0n) is 14.3. The number of anilines is 1. The maximum Gasteiger partial charge on any atom is 0.387 e. The molecule has 27 heavy (non-hydrogen) atoms. The smallest absolute Gasteiger partial charge is 0.387 e. The van der Waals surface area contributed by atoms with Crippen LogP contribution in [-0.4, -0.2) is 26.6 Å². The second kappa shape index (κ2) is 6.98. The van der Waals surface area contributed by atoms with Gasteiger partial charge in [0.15, 0.2) is 0 Å². The third-order valence-electron chi connectivity index (χ3n) is 3.89. The number of pyridine rings is 1. The lowest BCUT2D eigenvalue weighted by Crippen LogP contribution is -2.37. The quantitative estimate of drug-likeness (QED) is 0.744. The Morgan fingerprint density at radius 2 is 1.81 bits per heavy atom. The molecule has 0 radical (unpaired) electrons. The van der Waals surface area contributed by atoms with E-state index in [4.69, 9.17) is 0 Å². The molecule has 0 atom stereocenters. The van der Waals surface area contributed by atoms with Gasteiger partial charge in [0.1, 0.15) is 17.1 Å². The number of alkyl halides is 2. The van der Waals surface area contributed by atoms with E-state index in [1.165, 1.54) is 50.5 Å². The second-order valence-corrected chi connectivity index (χ2v) is 5.60. The number of para-hydroxylation sites is 2. The van der Waals surface area contributed by atoms with Crippen molar-refractivity contribution in [3.63, 3.8) is 0 Å². The summed E-state index contributed by atoms with van der Waals surface area (Å²) in [6, 6.07) is 8.37. The summed E-state index contributed by atoms with van der Waals surface area (Å²) in [5, 5.41) is 2.59. The lowest BCUT2D eigenvalue weighted by atomic mass is 10.2. The molecule has 140 valence electrons. The molecule has 1 amide bonds. The molecule has 8 nitrogen and oxygen atoms in total. The monoisotopic (exact) mass is 376 g/mol. The van der Waals surface area contributed by atoms with E-state index in [0.29, 0.717) is 0 Å². The highest BCUT2D eigenvalue weighted by atomic mass is 19.3. The molecule has 1 aromatic carbocycles. The Morgan fingerprint density at radius 1 is 1.11 bits per heavy atom. The number of ether oxygens (including phenoxy) is 1. The van der Waals surface area contributed by atoms with Crippen molar-refractivity contribution in [2.75, 3.05) is 5.32 Å². The van der Waals surface area contributed by atoms with Crippen LogP contribution in [0.15, 0.2) is 46.0 Å². The van der Waals surface area contributed by atoms with Crippen LogP contribution in [0.5, 0.6) is 5.75 Å². The Kier molecular flexibility index (Phi) is 4.72. The first-order valence-corrected chi connectivity index (χ1v) is 7.71. The minimum absolute atomic E-state index is 0.0301. The highest BCUT2D eigenvalue weighted by Crippen LogP contribution is 2.26. The maximum atomic E-state index is 12.5. The molecule has 1 N–H and O–H groups in total. The number of nitrogens with zero attached hydrogens (tertiary/aromatic N) is 3. The molecule has 0 aliphatic rings. The normalized spacial score (nSPS) is 11.0. The molecule has 0 aliphatic heterocycles. The van der Waals surface area contributed by atoms with E-state index in [1.54, 1.807) is 0 Å². The number of benzene rings is 1. The molecule has 0 spiro atoms. The maximum absolute atomic E-state index is 12.5. The van der Waals surface area contributed by atoms with Crippen molar-refractivity contribution in [2.24, 2.45) is 14.1 Å². The van der Waals surface area contributed by atoms with Crippen molar-refractivity contribution < 1.29 is 18.3 Å². The number of aromatic nitrogens is 3. The van der Waals surface area contributed by atoms with E-state index in [-0.39, 0.29) is 28.2 Å². The van der Waals surface area contributed by atoms with Gasteiger partial charge in [0, 0.05) is 14.1 Å². The van der Waals surface area contributed by atoms with Gasteiger partial charge in [-0.1, -0.05) is 12.1 Å². The number of fused-ring (bicyclic) bond motifs is 1. The van der Waals surface area contributed by atoms with Gasteiger partial charge in [0.05, 0.1) is 11.1 Å². The molecule has 0 bridgehead atoms. The van der Waals surface area contributed by atoms with Crippen molar-refractivity contribution in [1.82, 2.24) is 14.1 Å². The number of carbonyl (C=O) groups excluding carboxylic acids is 1. The molecule has 0 saturated carbocycles. The Balaban J connectivity index is 2.01. The molecule has 0 saturated heterocycles. The predicted octanol–water partition coefficient (Wildman–Crippen LogP) is 1.49. The first-order valence-electron chi connectivity index (χ1n) is 7.71. The van der Waals surface area contributed by atoms with Crippen LogP contribution < -0.4 is 21.3 Å². The summed E-state index contributed by atoms with van der Waals surface area (Å²) in [4.78, 5) is 40.7. The lowest BCUT2D eigenvalue weighted by molar-refractivity contribution is -0.0493. The Bertz CT molecular complexity index is 1150. The largest absolute Gasteiger partial charge is 0.433 e. The molecule has 0 aliphatic carbocycles. The number of rotatable bonds is 4. The molecule has 2 heterocycles. The summed E-state index contributed by atoms with van der Waals surface area (Å²) in [7, 11) is 2.76. The van der Waals surface area contributed by atoms with Crippen molar-refractivity contribution in [2.45, 2.75) is 6.61 Å². The zero-order chi connectivity index (χ0) is 19.7. The number of carbonyl (C=O) groups is 1. The van der Waals surface area contributed by atoms with Crippen LogP contribution in [0.25, 0.3) is 11.0 Å². The van der Waals surface area contributed by atoms with Crippen molar-refractivity contribution >= 4 is 22.6 Å². The number of amides is 1. The van der Waals surface area contributed by atoms with Gasteiger partial charge in [-0.05, 0) is 24.3 Å². The van der Waals surface area contributed by atoms with Crippen LogP contribution in [0.4, 0.5) is 14.5 Å². The SMILES string of the molecule is Cn1c(=O)c2ccc(C(=O)Nc3ccccc3OC(F)F)nc2n(C)c1=O. The third kappa shape index (κ3) is 3.41. The zero-order valence-corrected chi connectivity index (χ0v) is 14.3. The van der Waals surface area contributed by atoms with Crippen molar-refractivity contribution in [3.8, 4) is 5.75 Å². The fourth-order valence-electron chi connectivity index (χ4n) is 2.54. The highest BCUT2D eigenvalue weighted by Gasteiger charge is 2.16. The first kappa shape index (κ1) is 18.2. The van der Waals surface area contributed by atoms with Crippen LogP contribution in [0.1, 0.15) is 10.5 Å². The minimum Gasteiger partial charge on any atom is -0.433 e. The van der Waals surface area contributed by atoms with Gasteiger partial charge >= 0.3 is 12.3 Å². The van der Waals surface area contributed by atoms with Crippen LogP contribution in [-0.2, 0) is 14.1 Å². The van der Waals surface area contributed by atoms with Gasteiger partial charge < -0.3 is 10.1 Å². The fourth-order valence-corrected chi connectivity index (χ4v) is 2.54. The number of hydrogen-bond donors (Lipinski definition) is 1. The topological polar surface area (TPSA) is 95.2 Å². The fraction of sp³-hybridized carbons (Fsp3) is 0.176. The first-order chi connectivity index (χ1) is 12.8. The van der Waals surface area contributed by atoms with Gasteiger partial charge in [0.25, 0.3) is 11.5 Å². The van der Waals surface area contributed by atoms with E-state index in [1.807, 2.05) is 0 Å². The Hall–Kier alpha value is -3.56. The summed E-state index contributed by atoms with van der Waals surface area (Å²) >= 11 is 0. The average molecular weight is 376 g/mol. The number of halogens is 2. The highest BCUT2D eigenvalue weighted by molar-refractivity contribution is 6.04. The van der Waals surface area contributed by atoms with E-state index in [9.17, 15) is 23.2 Å². The molecule has 2 aromatic heterocycles. The van der Waals surface area contributed by atoms with E-state index in [0.717, 1.165) is 9.13 Å².